The molecule has 0 spiro atoms. The van der Waals surface area contributed by atoms with Crippen molar-refractivity contribution in [1.29, 1.82) is 0 Å². The molecule has 0 bridgehead atoms. The Hall–Kier alpha value is -2.23. The third-order valence-corrected chi connectivity index (χ3v) is 3.42. The number of hydrogen-bond acceptors (Lipinski definition) is 4. The zero-order valence-electron chi connectivity index (χ0n) is 15.6. The Morgan fingerprint density at radius 3 is 2.52 bits per heavy atom. The van der Waals surface area contributed by atoms with Gasteiger partial charge < -0.3 is 24.8 Å². The van der Waals surface area contributed by atoms with Crippen LogP contribution in [0.3, 0.4) is 0 Å². The Balaban J connectivity index is 0.00000364. The Kier molecular flexibility index (Phi) is 10.3. The van der Waals surface area contributed by atoms with E-state index in [1.807, 2.05) is 25.1 Å². The minimum absolute atomic E-state index is 0. The van der Waals surface area contributed by atoms with Crippen LogP contribution in [0, 0.1) is 5.82 Å². The van der Waals surface area contributed by atoms with Gasteiger partial charge in [0.25, 0.3) is 0 Å². The SMILES string of the molecule is CCNC(=NCCOc1cccc(F)c1)Nc1ccc(OC)c(OC)c1.I. The lowest BCUT2D eigenvalue weighted by Gasteiger charge is -2.14. The number of guanidine groups is 1. The Morgan fingerprint density at radius 2 is 1.85 bits per heavy atom. The number of aliphatic imine (C=N–C) groups is 1. The minimum Gasteiger partial charge on any atom is -0.493 e. The molecule has 6 nitrogen and oxygen atoms in total. The van der Waals surface area contributed by atoms with Crippen molar-refractivity contribution in [2.75, 3.05) is 39.2 Å². The summed E-state index contributed by atoms with van der Waals surface area (Å²) in [6.07, 6.45) is 0. The van der Waals surface area contributed by atoms with Gasteiger partial charge in [0, 0.05) is 24.4 Å². The molecule has 27 heavy (non-hydrogen) atoms. The Bertz CT molecular complexity index is 744. The van der Waals surface area contributed by atoms with Gasteiger partial charge >= 0.3 is 0 Å². The summed E-state index contributed by atoms with van der Waals surface area (Å²) in [6, 6.07) is 11.6. The number of methoxy groups -OCH3 is 2. The minimum atomic E-state index is -0.325. The van der Waals surface area contributed by atoms with Crippen LogP contribution in [-0.4, -0.2) is 39.9 Å². The van der Waals surface area contributed by atoms with E-state index in [0.717, 1.165) is 5.69 Å². The fraction of sp³-hybridized carbons (Fsp3) is 0.316. The zero-order valence-corrected chi connectivity index (χ0v) is 18.0. The fourth-order valence-corrected chi connectivity index (χ4v) is 2.24. The molecule has 0 unspecified atom stereocenters. The van der Waals surface area contributed by atoms with Crippen LogP contribution in [0.25, 0.3) is 0 Å². The predicted molar refractivity (Wildman–Crippen MR) is 116 cm³/mol. The van der Waals surface area contributed by atoms with Crippen molar-refractivity contribution < 1.29 is 18.6 Å². The Labute approximate surface area is 176 Å². The molecule has 2 rings (SSSR count). The molecule has 0 amide bonds. The summed E-state index contributed by atoms with van der Waals surface area (Å²) >= 11 is 0. The maximum atomic E-state index is 13.1. The summed E-state index contributed by atoms with van der Waals surface area (Å²) in [5, 5.41) is 6.36. The first-order chi connectivity index (χ1) is 12.7. The van der Waals surface area contributed by atoms with Crippen molar-refractivity contribution in [2.24, 2.45) is 4.99 Å². The van der Waals surface area contributed by atoms with E-state index in [1.165, 1.54) is 12.1 Å². The van der Waals surface area contributed by atoms with Gasteiger partial charge in [0.15, 0.2) is 17.5 Å². The normalized spacial score (nSPS) is 10.6. The quantitative estimate of drug-likeness (QED) is 0.255. The molecule has 8 heteroatoms. The summed E-state index contributed by atoms with van der Waals surface area (Å²) in [7, 11) is 3.18. The number of hydrogen-bond donors (Lipinski definition) is 2. The molecule has 0 aliphatic carbocycles. The van der Waals surface area contributed by atoms with Gasteiger partial charge in [-0.25, -0.2) is 9.38 Å². The highest BCUT2D eigenvalue weighted by atomic mass is 127. The van der Waals surface area contributed by atoms with Crippen molar-refractivity contribution in [3.63, 3.8) is 0 Å². The lowest BCUT2D eigenvalue weighted by Crippen LogP contribution is -2.31. The van der Waals surface area contributed by atoms with Crippen molar-refractivity contribution in [3.8, 4) is 17.2 Å². The van der Waals surface area contributed by atoms with Crippen LogP contribution in [0.2, 0.25) is 0 Å². The fourth-order valence-electron chi connectivity index (χ4n) is 2.24. The second kappa shape index (κ2) is 12.2. The molecule has 0 saturated carbocycles. The smallest absolute Gasteiger partial charge is 0.195 e. The first kappa shape index (κ1) is 22.8. The molecule has 0 aromatic heterocycles. The van der Waals surface area contributed by atoms with Gasteiger partial charge in [-0.05, 0) is 31.2 Å². The van der Waals surface area contributed by atoms with Gasteiger partial charge in [0.1, 0.15) is 18.2 Å². The van der Waals surface area contributed by atoms with Gasteiger partial charge in [0.05, 0.1) is 20.8 Å². The number of ether oxygens (including phenoxy) is 3. The number of halogens is 2. The van der Waals surface area contributed by atoms with E-state index in [0.29, 0.717) is 42.9 Å². The highest BCUT2D eigenvalue weighted by molar-refractivity contribution is 14.0. The number of nitrogens with one attached hydrogen (secondary N) is 2. The van der Waals surface area contributed by atoms with Crippen LogP contribution in [0.4, 0.5) is 10.1 Å². The van der Waals surface area contributed by atoms with Crippen LogP contribution in [0.5, 0.6) is 17.2 Å². The summed E-state index contributed by atoms with van der Waals surface area (Å²) in [5.41, 5.74) is 0.813. The van der Waals surface area contributed by atoms with E-state index >= 15 is 0 Å². The standard InChI is InChI=1S/C19H24FN3O3.HI/c1-4-21-19(22-10-11-26-16-7-5-6-14(20)12-16)23-15-8-9-17(24-2)18(13-15)25-3;/h5-9,12-13H,4,10-11H2,1-3H3,(H2,21,22,23);1H. The highest BCUT2D eigenvalue weighted by Gasteiger charge is 2.06. The first-order valence-electron chi connectivity index (χ1n) is 8.32. The van der Waals surface area contributed by atoms with Crippen molar-refractivity contribution >= 4 is 35.6 Å². The van der Waals surface area contributed by atoms with Crippen molar-refractivity contribution in [3.05, 3.63) is 48.3 Å². The molecular weight excluding hydrogens is 464 g/mol. The molecule has 0 saturated heterocycles. The van der Waals surface area contributed by atoms with Crippen LogP contribution < -0.4 is 24.8 Å². The van der Waals surface area contributed by atoms with E-state index in [9.17, 15) is 4.39 Å². The van der Waals surface area contributed by atoms with Crippen LogP contribution in [0.1, 0.15) is 6.92 Å². The molecule has 0 heterocycles. The van der Waals surface area contributed by atoms with Crippen LogP contribution in [0.15, 0.2) is 47.5 Å². The van der Waals surface area contributed by atoms with Crippen LogP contribution in [-0.2, 0) is 0 Å². The lowest BCUT2D eigenvalue weighted by atomic mass is 10.3. The molecule has 0 aliphatic rings. The van der Waals surface area contributed by atoms with Gasteiger partial charge in [-0.1, -0.05) is 6.07 Å². The van der Waals surface area contributed by atoms with E-state index in [-0.39, 0.29) is 29.8 Å². The van der Waals surface area contributed by atoms with E-state index in [4.69, 9.17) is 14.2 Å². The molecule has 0 aliphatic heterocycles. The average molecular weight is 489 g/mol. The summed E-state index contributed by atoms with van der Waals surface area (Å²) in [5.74, 6) is 2.06. The van der Waals surface area contributed by atoms with Gasteiger partial charge in [-0.2, -0.15) is 0 Å². The predicted octanol–water partition coefficient (Wildman–Crippen LogP) is 3.92. The van der Waals surface area contributed by atoms with Gasteiger partial charge in [-0.15, -0.1) is 24.0 Å². The maximum Gasteiger partial charge on any atom is 0.195 e. The van der Waals surface area contributed by atoms with E-state index < -0.39 is 0 Å². The number of anilines is 1. The van der Waals surface area contributed by atoms with E-state index in [1.54, 1.807) is 26.4 Å². The second-order valence-corrected chi connectivity index (χ2v) is 5.26. The van der Waals surface area contributed by atoms with Gasteiger partial charge in [0.2, 0.25) is 0 Å². The average Bonchev–Trinajstić information content (AvgIpc) is 2.65. The lowest BCUT2D eigenvalue weighted by molar-refractivity contribution is 0.327. The molecule has 2 N–H and O–H groups in total. The first-order valence-corrected chi connectivity index (χ1v) is 8.32. The third-order valence-electron chi connectivity index (χ3n) is 3.42. The zero-order chi connectivity index (χ0) is 18.8. The molecule has 0 atom stereocenters. The molecule has 2 aromatic carbocycles. The molecule has 0 fully saturated rings. The third kappa shape index (κ3) is 7.49. The topological polar surface area (TPSA) is 64.1 Å². The highest BCUT2D eigenvalue weighted by Crippen LogP contribution is 2.29. The van der Waals surface area contributed by atoms with Crippen molar-refractivity contribution in [2.45, 2.75) is 6.92 Å². The van der Waals surface area contributed by atoms with Crippen LogP contribution >= 0.6 is 24.0 Å². The largest absolute Gasteiger partial charge is 0.493 e. The summed E-state index contributed by atoms with van der Waals surface area (Å²) < 4.78 is 29.1. The summed E-state index contributed by atoms with van der Waals surface area (Å²) in [6.45, 7) is 3.45. The molecule has 2 aromatic rings. The monoisotopic (exact) mass is 489 g/mol. The molecule has 148 valence electrons. The number of benzene rings is 2. The molecule has 0 radical (unpaired) electrons. The number of nitrogens with zero attached hydrogens (tertiary/aromatic N) is 1. The van der Waals surface area contributed by atoms with E-state index in [2.05, 4.69) is 15.6 Å². The van der Waals surface area contributed by atoms with Gasteiger partial charge in [-0.3, -0.25) is 0 Å². The maximum absolute atomic E-state index is 13.1. The second-order valence-electron chi connectivity index (χ2n) is 5.26. The summed E-state index contributed by atoms with van der Waals surface area (Å²) in [4.78, 5) is 4.45. The Morgan fingerprint density at radius 1 is 1.07 bits per heavy atom. The molecular formula is C19H25FIN3O3. The number of rotatable bonds is 8. The van der Waals surface area contributed by atoms with Crippen molar-refractivity contribution in [1.82, 2.24) is 5.32 Å².